The summed E-state index contributed by atoms with van der Waals surface area (Å²) < 4.78 is 0. The van der Waals surface area contributed by atoms with Gasteiger partial charge in [0, 0.05) is 24.2 Å². The van der Waals surface area contributed by atoms with E-state index in [1.165, 1.54) is 6.92 Å². The van der Waals surface area contributed by atoms with Crippen LogP contribution in [0.25, 0.3) is 0 Å². The molecular formula is C16H24ClN3O2. The number of nitrogens with one attached hydrogen (secondary N) is 1. The summed E-state index contributed by atoms with van der Waals surface area (Å²) >= 11 is 6.03. The highest BCUT2D eigenvalue weighted by Gasteiger charge is 2.13. The zero-order valence-corrected chi connectivity index (χ0v) is 14.4. The van der Waals surface area contributed by atoms with E-state index in [-0.39, 0.29) is 18.4 Å². The summed E-state index contributed by atoms with van der Waals surface area (Å²) in [6.45, 7) is 4.87. The number of aryl methyl sites for hydroxylation is 1. The van der Waals surface area contributed by atoms with Crippen LogP contribution in [0.2, 0.25) is 5.02 Å². The third kappa shape index (κ3) is 6.45. The number of rotatable bonds is 7. The Morgan fingerprint density at radius 2 is 1.91 bits per heavy atom. The largest absolute Gasteiger partial charge is 0.334 e. The van der Waals surface area contributed by atoms with Gasteiger partial charge >= 0.3 is 0 Å². The lowest BCUT2D eigenvalue weighted by molar-refractivity contribution is -0.132. The summed E-state index contributed by atoms with van der Waals surface area (Å²) in [5.41, 5.74) is 1.59. The van der Waals surface area contributed by atoms with Crippen molar-refractivity contribution in [1.82, 2.24) is 9.80 Å². The first-order chi connectivity index (χ1) is 10.3. The number of hydrogen-bond acceptors (Lipinski definition) is 3. The summed E-state index contributed by atoms with van der Waals surface area (Å²) in [7, 11) is 3.96. The van der Waals surface area contributed by atoms with Gasteiger partial charge in [-0.1, -0.05) is 17.7 Å². The Hall–Kier alpha value is -1.59. The fourth-order valence-electron chi connectivity index (χ4n) is 1.97. The summed E-state index contributed by atoms with van der Waals surface area (Å²) in [5.74, 6) is -0.323. The topological polar surface area (TPSA) is 52.7 Å². The lowest BCUT2D eigenvalue weighted by atomic mass is 10.2. The SMILES string of the molecule is CC(=O)N(CCCN(C)C)CC(=O)Nc1ccc(C)c(Cl)c1. The van der Waals surface area contributed by atoms with Gasteiger partial charge in [0.15, 0.2) is 0 Å². The van der Waals surface area contributed by atoms with Gasteiger partial charge in [0.1, 0.15) is 0 Å². The van der Waals surface area contributed by atoms with E-state index < -0.39 is 0 Å². The number of carbonyl (C=O) groups is 2. The number of nitrogens with zero attached hydrogens (tertiary/aromatic N) is 2. The van der Waals surface area contributed by atoms with E-state index in [2.05, 4.69) is 5.32 Å². The highest BCUT2D eigenvalue weighted by Crippen LogP contribution is 2.19. The van der Waals surface area contributed by atoms with E-state index in [0.717, 1.165) is 18.5 Å². The molecule has 1 aromatic rings. The van der Waals surface area contributed by atoms with Crippen LogP contribution < -0.4 is 5.32 Å². The maximum absolute atomic E-state index is 12.1. The fourth-order valence-corrected chi connectivity index (χ4v) is 2.15. The van der Waals surface area contributed by atoms with Crippen LogP contribution in [0.1, 0.15) is 18.9 Å². The second-order valence-corrected chi connectivity index (χ2v) is 6.02. The van der Waals surface area contributed by atoms with Gasteiger partial charge in [-0.05, 0) is 51.7 Å². The first kappa shape index (κ1) is 18.5. The standard InChI is InChI=1S/C16H24ClN3O2/c1-12-6-7-14(10-15(12)17)18-16(22)11-20(13(2)21)9-5-8-19(3)4/h6-7,10H,5,8-9,11H2,1-4H3,(H,18,22). The summed E-state index contributed by atoms with van der Waals surface area (Å²) in [5, 5.41) is 3.37. The molecule has 1 rings (SSSR count). The Bertz CT molecular complexity index is 532. The van der Waals surface area contributed by atoms with E-state index in [0.29, 0.717) is 17.3 Å². The van der Waals surface area contributed by atoms with Crippen LogP contribution in [0.4, 0.5) is 5.69 Å². The predicted molar refractivity (Wildman–Crippen MR) is 90.2 cm³/mol. The maximum Gasteiger partial charge on any atom is 0.243 e. The quantitative estimate of drug-likeness (QED) is 0.837. The molecule has 6 heteroatoms. The molecule has 5 nitrogen and oxygen atoms in total. The first-order valence-electron chi connectivity index (χ1n) is 7.26. The monoisotopic (exact) mass is 325 g/mol. The lowest BCUT2D eigenvalue weighted by Crippen LogP contribution is -2.38. The van der Waals surface area contributed by atoms with Crippen molar-refractivity contribution < 1.29 is 9.59 Å². The highest BCUT2D eigenvalue weighted by atomic mass is 35.5. The van der Waals surface area contributed by atoms with E-state index >= 15 is 0 Å². The van der Waals surface area contributed by atoms with Gasteiger partial charge in [0.05, 0.1) is 6.54 Å². The van der Waals surface area contributed by atoms with Crippen LogP contribution in [0.5, 0.6) is 0 Å². The fraction of sp³-hybridized carbons (Fsp3) is 0.500. The molecular weight excluding hydrogens is 302 g/mol. The predicted octanol–water partition coefficient (Wildman–Crippen LogP) is 2.39. The average Bonchev–Trinajstić information content (AvgIpc) is 2.41. The van der Waals surface area contributed by atoms with Crippen molar-refractivity contribution in [3.63, 3.8) is 0 Å². The summed E-state index contributed by atoms with van der Waals surface area (Å²) in [4.78, 5) is 27.3. The van der Waals surface area contributed by atoms with Gasteiger partial charge in [0.25, 0.3) is 0 Å². The lowest BCUT2D eigenvalue weighted by Gasteiger charge is -2.21. The molecule has 122 valence electrons. The number of amides is 2. The molecule has 0 aliphatic rings. The van der Waals surface area contributed by atoms with Crippen molar-refractivity contribution in [2.24, 2.45) is 0 Å². The van der Waals surface area contributed by atoms with Crippen molar-refractivity contribution in [3.8, 4) is 0 Å². The molecule has 0 spiro atoms. The van der Waals surface area contributed by atoms with E-state index in [1.54, 1.807) is 17.0 Å². The number of carbonyl (C=O) groups excluding carboxylic acids is 2. The molecule has 1 N–H and O–H groups in total. The molecule has 0 atom stereocenters. The molecule has 0 aromatic heterocycles. The average molecular weight is 326 g/mol. The Kier molecular flexibility index (Phi) is 7.35. The molecule has 0 aliphatic heterocycles. The van der Waals surface area contributed by atoms with Crippen molar-refractivity contribution >= 4 is 29.1 Å². The molecule has 0 saturated heterocycles. The Balaban J connectivity index is 2.55. The smallest absolute Gasteiger partial charge is 0.243 e. The van der Waals surface area contributed by atoms with Gasteiger partial charge in [-0.15, -0.1) is 0 Å². The Morgan fingerprint density at radius 1 is 1.23 bits per heavy atom. The second kappa shape index (κ2) is 8.76. The van der Waals surface area contributed by atoms with Crippen LogP contribution >= 0.6 is 11.6 Å². The minimum Gasteiger partial charge on any atom is -0.334 e. The van der Waals surface area contributed by atoms with Gasteiger partial charge in [0.2, 0.25) is 11.8 Å². The summed E-state index contributed by atoms with van der Waals surface area (Å²) in [6, 6.07) is 5.35. The normalized spacial score (nSPS) is 10.6. The van der Waals surface area contributed by atoms with Gasteiger partial charge in [-0.25, -0.2) is 0 Å². The molecule has 0 heterocycles. The Labute approximate surface area is 137 Å². The molecule has 0 aliphatic carbocycles. The minimum absolute atomic E-state index is 0.0499. The van der Waals surface area contributed by atoms with Crippen LogP contribution in [0.15, 0.2) is 18.2 Å². The van der Waals surface area contributed by atoms with Crippen molar-refractivity contribution in [1.29, 1.82) is 0 Å². The highest BCUT2D eigenvalue weighted by molar-refractivity contribution is 6.31. The summed E-state index contributed by atoms with van der Waals surface area (Å²) in [6.07, 6.45) is 0.830. The zero-order valence-electron chi connectivity index (χ0n) is 13.6. The van der Waals surface area contributed by atoms with Crippen molar-refractivity contribution in [2.75, 3.05) is 39.0 Å². The van der Waals surface area contributed by atoms with E-state index in [4.69, 9.17) is 11.6 Å². The van der Waals surface area contributed by atoms with Crippen molar-refractivity contribution in [3.05, 3.63) is 28.8 Å². The third-order valence-corrected chi connectivity index (χ3v) is 3.68. The molecule has 0 unspecified atom stereocenters. The van der Waals surface area contributed by atoms with Crippen molar-refractivity contribution in [2.45, 2.75) is 20.3 Å². The van der Waals surface area contributed by atoms with Gasteiger partial charge < -0.3 is 15.1 Å². The molecule has 0 bridgehead atoms. The van der Waals surface area contributed by atoms with E-state index in [9.17, 15) is 9.59 Å². The molecule has 0 fully saturated rings. The number of hydrogen-bond donors (Lipinski definition) is 1. The van der Waals surface area contributed by atoms with Crippen LogP contribution in [0.3, 0.4) is 0 Å². The molecule has 2 amide bonds. The van der Waals surface area contributed by atoms with Gasteiger partial charge in [-0.2, -0.15) is 0 Å². The zero-order chi connectivity index (χ0) is 16.7. The van der Waals surface area contributed by atoms with Gasteiger partial charge in [-0.3, -0.25) is 9.59 Å². The second-order valence-electron chi connectivity index (χ2n) is 5.61. The number of benzene rings is 1. The molecule has 1 aromatic carbocycles. The molecule has 0 radical (unpaired) electrons. The minimum atomic E-state index is -0.222. The third-order valence-electron chi connectivity index (χ3n) is 3.27. The van der Waals surface area contributed by atoms with Crippen LogP contribution in [0, 0.1) is 6.92 Å². The van der Waals surface area contributed by atoms with E-state index in [1.807, 2.05) is 32.0 Å². The molecule has 22 heavy (non-hydrogen) atoms. The first-order valence-corrected chi connectivity index (χ1v) is 7.63. The Morgan fingerprint density at radius 3 is 2.45 bits per heavy atom. The van der Waals surface area contributed by atoms with Crippen LogP contribution in [-0.2, 0) is 9.59 Å². The molecule has 0 saturated carbocycles. The number of anilines is 1. The number of halogens is 1. The van der Waals surface area contributed by atoms with Crippen LogP contribution in [-0.4, -0.2) is 55.3 Å². The maximum atomic E-state index is 12.1.